The summed E-state index contributed by atoms with van der Waals surface area (Å²) >= 11 is 0.852. The Hall–Kier alpha value is -2.87. The largest absolute Gasteiger partial charge is 0.408 e. The van der Waals surface area contributed by atoms with E-state index in [-0.39, 0.29) is 21.4 Å². The molecule has 2 aromatic heterocycles. The third kappa shape index (κ3) is 5.90. The molecule has 8 nitrogen and oxygen atoms in total. The van der Waals surface area contributed by atoms with E-state index >= 15 is 0 Å². The van der Waals surface area contributed by atoms with Crippen LogP contribution in [0.2, 0.25) is 0 Å². The SMILES string of the molecule is Cc1cc(N[C@@H](C)C(F)(F)F)ncc1-c1sc(C(=O)N[C@@H]2CCC[C@H]2O)nc1C(=O)N1CC(F)(F)C[C@@H]1C. The van der Waals surface area contributed by atoms with E-state index in [1.807, 2.05) is 0 Å². The van der Waals surface area contributed by atoms with Crippen LogP contribution in [0.15, 0.2) is 12.3 Å². The molecule has 0 unspecified atom stereocenters. The standard InChI is InChI=1S/C24H28F5N5O3S/c1-11-7-17(31-13(3)24(27,28)29)30-9-14(11)19-18(22(37)34-10-23(25,26)8-12(34)2)33-21(38-19)20(36)32-15-5-4-6-16(15)35/h7,9,12-13,15-16,35H,4-6,8,10H2,1-3H3,(H,30,31)(H,32,36)/t12-,13-,15+,16+/m0/s1. The Labute approximate surface area is 219 Å². The molecule has 3 heterocycles. The van der Waals surface area contributed by atoms with Crippen LogP contribution in [0, 0.1) is 6.92 Å². The fourth-order valence-corrected chi connectivity index (χ4v) is 5.72. The molecule has 38 heavy (non-hydrogen) atoms. The summed E-state index contributed by atoms with van der Waals surface area (Å²) in [4.78, 5) is 35.8. The molecule has 4 atom stereocenters. The quantitative estimate of drug-likeness (QED) is 0.452. The van der Waals surface area contributed by atoms with E-state index in [9.17, 15) is 36.6 Å². The van der Waals surface area contributed by atoms with Gasteiger partial charge in [0.05, 0.1) is 23.6 Å². The lowest BCUT2D eigenvalue weighted by atomic mass is 10.1. The minimum absolute atomic E-state index is 0.0468. The van der Waals surface area contributed by atoms with Crippen molar-refractivity contribution in [3.8, 4) is 10.4 Å². The van der Waals surface area contributed by atoms with Gasteiger partial charge < -0.3 is 20.6 Å². The highest BCUT2D eigenvalue weighted by Crippen LogP contribution is 2.38. The number of alkyl halides is 5. The Morgan fingerprint density at radius 3 is 2.55 bits per heavy atom. The molecule has 0 bridgehead atoms. The Kier molecular flexibility index (Phi) is 7.67. The second kappa shape index (κ2) is 10.4. The fourth-order valence-electron chi connectivity index (χ4n) is 4.68. The van der Waals surface area contributed by atoms with Crippen LogP contribution in [0.4, 0.5) is 27.8 Å². The highest BCUT2D eigenvalue weighted by Gasteiger charge is 2.46. The number of aryl methyl sites for hydroxylation is 1. The fraction of sp³-hybridized carbons (Fsp3) is 0.583. The van der Waals surface area contributed by atoms with Gasteiger partial charge in [0.15, 0.2) is 5.01 Å². The van der Waals surface area contributed by atoms with Crippen LogP contribution in [-0.4, -0.2) is 74.7 Å². The number of pyridine rings is 1. The van der Waals surface area contributed by atoms with E-state index in [0.29, 0.717) is 24.0 Å². The number of rotatable bonds is 6. The number of aromatic nitrogens is 2. The molecule has 0 radical (unpaired) electrons. The molecule has 1 saturated carbocycles. The van der Waals surface area contributed by atoms with Crippen molar-refractivity contribution in [2.75, 3.05) is 11.9 Å². The van der Waals surface area contributed by atoms with Gasteiger partial charge in [-0.05, 0) is 51.7 Å². The van der Waals surface area contributed by atoms with E-state index in [1.54, 1.807) is 6.92 Å². The molecule has 2 aromatic rings. The maximum atomic E-state index is 14.0. The predicted octanol–water partition coefficient (Wildman–Crippen LogP) is 4.39. The van der Waals surface area contributed by atoms with Crippen LogP contribution in [-0.2, 0) is 0 Å². The highest BCUT2D eigenvalue weighted by molar-refractivity contribution is 7.17. The van der Waals surface area contributed by atoms with Gasteiger partial charge in [0.2, 0.25) is 0 Å². The Morgan fingerprint density at radius 1 is 1.29 bits per heavy atom. The number of aliphatic hydroxyl groups excluding tert-OH is 1. The lowest BCUT2D eigenvalue weighted by Crippen LogP contribution is -2.40. The number of thiazole rings is 1. The van der Waals surface area contributed by atoms with Crippen LogP contribution < -0.4 is 10.6 Å². The average Bonchev–Trinajstić information content (AvgIpc) is 3.49. The number of hydrogen-bond acceptors (Lipinski definition) is 7. The van der Waals surface area contributed by atoms with Crippen LogP contribution in [0.25, 0.3) is 10.4 Å². The summed E-state index contributed by atoms with van der Waals surface area (Å²) in [6.07, 6.45) is -2.60. The third-order valence-corrected chi connectivity index (χ3v) is 7.91. The number of carbonyl (C=O) groups is 2. The molecule has 1 aliphatic heterocycles. The minimum atomic E-state index is -4.49. The maximum absolute atomic E-state index is 14.0. The van der Waals surface area contributed by atoms with Gasteiger partial charge >= 0.3 is 6.18 Å². The molecule has 0 aromatic carbocycles. The number of aliphatic hydroxyl groups is 1. The number of hydrogen-bond donors (Lipinski definition) is 3. The van der Waals surface area contributed by atoms with E-state index in [1.165, 1.54) is 19.2 Å². The van der Waals surface area contributed by atoms with Crippen LogP contribution in [0.5, 0.6) is 0 Å². The Bertz CT molecular complexity index is 1220. The third-order valence-electron chi connectivity index (χ3n) is 6.82. The number of amides is 2. The van der Waals surface area contributed by atoms with Gasteiger partial charge in [-0.2, -0.15) is 13.2 Å². The van der Waals surface area contributed by atoms with E-state index in [0.717, 1.165) is 29.6 Å². The predicted molar refractivity (Wildman–Crippen MR) is 130 cm³/mol. The normalized spacial score (nSPS) is 23.9. The van der Waals surface area contributed by atoms with Crippen molar-refractivity contribution in [1.29, 1.82) is 0 Å². The molecule has 2 aliphatic rings. The number of carbonyl (C=O) groups excluding carboxylic acids is 2. The molecule has 0 spiro atoms. The number of halogens is 5. The first-order valence-electron chi connectivity index (χ1n) is 12.1. The summed E-state index contributed by atoms with van der Waals surface area (Å²) in [5, 5.41) is 14.9. The first-order valence-corrected chi connectivity index (χ1v) is 13.0. The van der Waals surface area contributed by atoms with Gasteiger partial charge in [-0.25, -0.2) is 18.7 Å². The maximum Gasteiger partial charge on any atom is 0.408 e. The average molecular weight is 562 g/mol. The van der Waals surface area contributed by atoms with Crippen molar-refractivity contribution in [1.82, 2.24) is 20.2 Å². The van der Waals surface area contributed by atoms with Crippen LogP contribution >= 0.6 is 11.3 Å². The van der Waals surface area contributed by atoms with Gasteiger partial charge in [0.25, 0.3) is 17.7 Å². The summed E-state index contributed by atoms with van der Waals surface area (Å²) in [5.41, 5.74) is 0.549. The van der Waals surface area contributed by atoms with E-state index in [2.05, 4.69) is 20.6 Å². The monoisotopic (exact) mass is 561 g/mol. The lowest BCUT2D eigenvalue weighted by Gasteiger charge is -2.21. The molecule has 1 saturated heterocycles. The van der Waals surface area contributed by atoms with Gasteiger partial charge in [-0.15, -0.1) is 11.3 Å². The first-order chi connectivity index (χ1) is 17.7. The lowest BCUT2D eigenvalue weighted by molar-refractivity contribution is -0.138. The van der Waals surface area contributed by atoms with Crippen molar-refractivity contribution in [2.24, 2.45) is 0 Å². The molecule has 208 valence electrons. The second-order valence-corrected chi connectivity index (χ2v) is 10.9. The molecule has 14 heteroatoms. The summed E-state index contributed by atoms with van der Waals surface area (Å²) in [7, 11) is 0. The van der Waals surface area contributed by atoms with Gasteiger partial charge in [0, 0.05) is 24.2 Å². The van der Waals surface area contributed by atoms with Gasteiger partial charge in [-0.1, -0.05) is 0 Å². The molecule has 4 rings (SSSR count). The number of nitrogens with one attached hydrogen (secondary N) is 2. The van der Waals surface area contributed by atoms with E-state index < -0.39 is 61.1 Å². The topological polar surface area (TPSA) is 107 Å². The summed E-state index contributed by atoms with van der Waals surface area (Å²) in [6, 6.07) is -1.74. The summed E-state index contributed by atoms with van der Waals surface area (Å²) in [6.45, 7) is 3.24. The zero-order valence-corrected chi connectivity index (χ0v) is 21.7. The smallest absolute Gasteiger partial charge is 0.391 e. The van der Waals surface area contributed by atoms with Crippen LogP contribution in [0.1, 0.15) is 65.4 Å². The number of nitrogens with zero attached hydrogens (tertiary/aromatic N) is 3. The molecule has 2 fully saturated rings. The van der Waals surface area contributed by atoms with Crippen LogP contribution in [0.3, 0.4) is 0 Å². The van der Waals surface area contributed by atoms with Gasteiger partial charge in [-0.3, -0.25) is 9.59 Å². The second-order valence-electron chi connectivity index (χ2n) is 9.91. The van der Waals surface area contributed by atoms with Crippen molar-refractivity contribution >= 4 is 29.0 Å². The Morgan fingerprint density at radius 2 is 2.00 bits per heavy atom. The summed E-state index contributed by atoms with van der Waals surface area (Å²) in [5.74, 6) is -4.52. The summed E-state index contributed by atoms with van der Waals surface area (Å²) < 4.78 is 67.0. The zero-order valence-electron chi connectivity index (χ0n) is 20.9. The number of likely N-dealkylation sites (tertiary alicyclic amines) is 1. The highest BCUT2D eigenvalue weighted by atomic mass is 32.1. The first kappa shape index (κ1) is 28.1. The number of anilines is 1. The Balaban J connectivity index is 1.69. The van der Waals surface area contributed by atoms with Crippen molar-refractivity contribution in [3.63, 3.8) is 0 Å². The van der Waals surface area contributed by atoms with Crippen molar-refractivity contribution in [3.05, 3.63) is 28.5 Å². The zero-order chi connectivity index (χ0) is 28.0. The van der Waals surface area contributed by atoms with Gasteiger partial charge in [0.1, 0.15) is 17.6 Å². The van der Waals surface area contributed by atoms with Crippen molar-refractivity contribution < 1.29 is 36.6 Å². The minimum Gasteiger partial charge on any atom is -0.391 e. The van der Waals surface area contributed by atoms with Crippen molar-refractivity contribution in [2.45, 2.75) is 82.8 Å². The molecular weight excluding hydrogens is 533 g/mol. The molecule has 3 N–H and O–H groups in total. The molecular formula is C24H28F5N5O3S. The molecule has 2 amide bonds. The molecule has 1 aliphatic carbocycles. The van der Waals surface area contributed by atoms with E-state index in [4.69, 9.17) is 0 Å².